The summed E-state index contributed by atoms with van der Waals surface area (Å²) in [5, 5.41) is 0. The highest BCUT2D eigenvalue weighted by atomic mass is 16.1. The smallest absolute Gasteiger partial charge is 0.133 e. The molecule has 84 valence electrons. The zero-order valence-electron chi connectivity index (χ0n) is 9.96. The van der Waals surface area contributed by atoms with E-state index < -0.39 is 0 Å². The molecule has 0 N–H and O–H groups in total. The Morgan fingerprint density at radius 2 is 1.80 bits per heavy atom. The minimum absolute atomic E-state index is 0.426. The molecular formula is C14H22O. The van der Waals surface area contributed by atoms with Gasteiger partial charge in [-0.1, -0.05) is 6.92 Å². The fraction of sp³-hybridized carbons (Fsp3) is 0.929. The van der Waals surface area contributed by atoms with Crippen LogP contribution in [0, 0.1) is 29.1 Å². The van der Waals surface area contributed by atoms with E-state index in [0.717, 1.165) is 17.8 Å². The maximum Gasteiger partial charge on any atom is 0.133 e. The molecule has 3 unspecified atom stereocenters. The van der Waals surface area contributed by atoms with Crippen LogP contribution in [0.1, 0.15) is 52.4 Å². The van der Waals surface area contributed by atoms with Gasteiger partial charge in [0.15, 0.2) is 0 Å². The number of carbonyl (C=O) groups is 1. The Kier molecular flexibility index (Phi) is 2.03. The van der Waals surface area contributed by atoms with Crippen LogP contribution in [0.3, 0.4) is 0 Å². The molecule has 4 aliphatic rings. The first-order valence-corrected chi connectivity index (χ1v) is 6.65. The number of rotatable bonds is 2. The second-order valence-electron chi connectivity index (χ2n) is 6.41. The van der Waals surface area contributed by atoms with E-state index in [9.17, 15) is 4.79 Å². The van der Waals surface area contributed by atoms with E-state index in [2.05, 4.69) is 6.92 Å². The minimum Gasteiger partial charge on any atom is -0.300 e. The lowest BCUT2D eigenvalue weighted by Gasteiger charge is -2.60. The van der Waals surface area contributed by atoms with Crippen LogP contribution in [0.2, 0.25) is 0 Å². The monoisotopic (exact) mass is 206 g/mol. The third kappa shape index (κ3) is 1.24. The Bertz CT molecular complexity index is 280. The van der Waals surface area contributed by atoms with Gasteiger partial charge >= 0.3 is 0 Å². The van der Waals surface area contributed by atoms with Gasteiger partial charge in [-0.05, 0) is 68.6 Å². The molecule has 0 aliphatic heterocycles. The summed E-state index contributed by atoms with van der Waals surface area (Å²) in [5.41, 5.74) is 0.431. The first-order valence-electron chi connectivity index (χ1n) is 6.65. The van der Waals surface area contributed by atoms with Gasteiger partial charge in [-0.25, -0.2) is 0 Å². The Balaban J connectivity index is 1.98. The average molecular weight is 206 g/mol. The highest BCUT2D eigenvalue weighted by Gasteiger charge is 2.57. The van der Waals surface area contributed by atoms with Crippen LogP contribution in [-0.4, -0.2) is 5.78 Å². The van der Waals surface area contributed by atoms with Gasteiger partial charge in [0.1, 0.15) is 5.78 Å². The second-order valence-corrected chi connectivity index (χ2v) is 6.41. The van der Waals surface area contributed by atoms with Crippen LogP contribution >= 0.6 is 0 Å². The van der Waals surface area contributed by atoms with Crippen molar-refractivity contribution in [3.63, 3.8) is 0 Å². The molecular weight excluding hydrogens is 184 g/mol. The van der Waals surface area contributed by atoms with E-state index in [1.807, 2.05) is 6.92 Å². The van der Waals surface area contributed by atoms with Crippen LogP contribution in [0.25, 0.3) is 0 Å². The summed E-state index contributed by atoms with van der Waals surface area (Å²) in [4.78, 5) is 11.9. The summed E-state index contributed by atoms with van der Waals surface area (Å²) in [7, 11) is 0. The molecule has 4 aliphatic carbocycles. The number of hydrogen-bond acceptors (Lipinski definition) is 1. The molecule has 15 heavy (non-hydrogen) atoms. The van der Waals surface area contributed by atoms with Gasteiger partial charge in [0.25, 0.3) is 0 Å². The predicted octanol–water partition coefficient (Wildman–Crippen LogP) is 3.43. The standard InChI is InChI=1S/C14H22O/c1-3-14-7-10-4-11(8-14)6-12(5-10)13(14)9(2)15/h10-13H,3-8H2,1-2H3. The van der Waals surface area contributed by atoms with Crippen molar-refractivity contribution in [3.05, 3.63) is 0 Å². The molecule has 0 radical (unpaired) electrons. The van der Waals surface area contributed by atoms with Crippen LogP contribution in [-0.2, 0) is 4.79 Å². The number of hydrogen-bond donors (Lipinski definition) is 0. The minimum atomic E-state index is 0.426. The fourth-order valence-electron chi connectivity index (χ4n) is 5.48. The van der Waals surface area contributed by atoms with Gasteiger partial charge in [0.2, 0.25) is 0 Å². The van der Waals surface area contributed by atoms with E-state index in [4.69, 9.17) is 0 Å². The molecule has 0 aromatic carbocycles. The van der Waals surface area contributed by atoms with Crippen LogP contribution in [0.5, 0.6) is 0 Å². The normalized spacial score (nSPS) is 52.1. The second kappa shape index (κ2) is 3.09. The maximum absolute atomic E-state index is 11.9. The molecule has 1 heteroatoms. The molecule has 3 atom stereocenters. The van der Waals surface area contributed by atoms with Crippen molar-refractivity contribution in [2.75, 3.05) is 0 Å². The summed E-state index contributed by atoms with van der Waals surface area (Å²) in [5.74, 6) is 3.61. The van der Waals surface area contributed by atoms with Gasteiger partial charge in [-0.15, -0.1) is 0 Å². The van der Waals surface area contributed by atoms with Crippen molar-refractivity contribution in [2.45, 2.75) is 52.4 Å². The van der Waals surface area contributed by atoms with Crippen LogP contribution in [0.15, 0.2) is 0 Å². The quantitative estimate of drug-likeness (QED) is 0.676. The fourth-order valence-corrected chi connectivity index (χ4v) is 5.48. The van der Waals surface area contributed by atoms with Gasteiger partial charge < -0.3 is 0 Å². The molecule has 4 saturated carbocycles. The van der Waals surface area contributed by atoms with Crippen LogP contribution in [0.4, 0.5) is 0 Å². The molecule has 4 bridgehead atoms. The lowest BCUT2D eigenvalue weighted by atomic mass is 9.44. The number of Topliss-reactive ketones (excluding diaryl/α,β-unsaturated/α-hetero) is 1. The summed E-state index contributed by atoms with van der Waals surface area (Å²) in [6.45, 7) is 4.15. The third-order valence-electron chi connectivity index (χ3n) is 5.60. The summed E-state index contributed by atoms with van der Waals surface area (Å²) in [6.07, 6.45) is 8.16. The first kappa shape index (κ1) is 9.86. The van der Waals surface area contributed by atoms with Crippen molar-refractivity contribution in [1.82, 2.24) is 0 Å². The highest BCUT2D eigenvalue weighted by molar-refractivity contribution is 5.80. The topological polar surface area (TPSA) is 17.1 Å². The number of carbonyl (C=O) groups excluding carboxylic acids is 1. The molecule has 4 fully saturated rings. The van der Waals surface area contributed by atoms with Gasteiger partial charge in [0.05, 0.1) is 0 Å². The van der Waals surface area contributed by atoms with E-state index in [1.54, 1.807) is 0 Å². The van der Waals surface area contributed by atoms with Crippen molar-refractivity contribution in [1.29, 1.82) is 0 Å². The molecule has 0 saturated heterocycles. The van der Waals surface area contributed by atoms with Gasteiger partial charge in [0, 0.05) is 5.92 Å². The zero-order chi connectivity index (χ0) is 10.6. The maximum atomic E-state index is 11.9. The van der Waals surface area contributed by atoms with E-state index in [0.29, 0.717) is 17.1 Å². The van der Waals surface area contributed by atoms with E-state index in [1.165, 1.54) is 38.5 Å². The lowest BCUT2D eigenvalue weighted by Crippen LogP contribution is -2.54. The Morgan fingerprint density at radius 3 is 2.27 bits per heavy atom. The Labute approximate surface area is 92.6 Å². The molecule has 0 amide bonds. The summed E-state index contributed by atoms with van der Waals surface area (Å²) < 4.78 is 0. The molecule has 0 heterocycles. The zero-order valence-corrected chi connectivity index (χ0v) is 9.96. The molecule has 0 aromatic heterocycles. The Hall–Kier alpha value is -0.330. The predicted molar refractivity (Wildman–Crippen MR) is 60.5 cm³/mol. The van der Waals surface area contributed by atoms with Gasteiger partial charge in [-0.2, -0.15) is 0 Å². The molecule has 1 nitrogen and oxygen atoms in total. The molecule has 0 spiro atoms. The van der Waals surface area contributed by atoms with E-state index >= 15 is 0 Å². The lowest BCUT2D eigenvalue weighted by molar-refractivity contribution is -0.150. The van der Waals surface area contributed by atoms with Crippen molar-refractivity contribution in [2.24, 2.45) is 29.1 Å². The van der Waals surface area contributed by atoms with Crippen molar-refractivity contribution in [3.8, 4) is 0 Å². The SMILES string of the molecule is CCC12CC3CC(CC(C3)C1C(C)=O)C2. The van der Waals surface area contributed by atoms with E-state index in [-0.39, 0.29) is 0 Å². The summed E-state index contributed by atoms with van der Waals surface area (Å²) in [6, 6.07) is 0. The van der Waals surface area contributed by atoms with Gasteiger partial charge in [-0.3, -0.25) is 4.79 Å². The molecule has 0 aromatic rings. The Morgan fingerprint density at radius 1 is 1.20 bits per heavy atom. The largest absolute Gasteiger partial charge is 0.300 e. The first-order chi connectivity index (χ1) is 7.14. The molecule has 4 rings (SSSR count). The average Bonchev–Trinajstić information content (AvgIpc) is 2.15. The number of ketones is 1. The van der Waals surface area contributed by atoms with Crippen LogP contribution < -0.4 is 0 Å². The summed E-state index contributed by atoms with van der Waals surface area (Å²) >= 11 is 0. The van der Waals surface area contributed by atoms with Crippen molar-refractivity contribution < 1.29 is 4.79 Å². The third-order valence-corrected chi connectivity index (χ3v) is 5.60. The van der Waals surface area contributed by atoms with Crippen molar-refractivity contribution >= 4 is 5.78 Å². The highest BCUT2D eigenvalue weighted by Crippen LogP contribution is 2.64.